The van der Waals surface area contributed by atoms with Crippen molar-refractivity contribution in [2.45, 2.75) is 35.3 Å². The van der Waals surface area contributed by atoms with Gasteiger partial charge >= 0.3 is 0 Å². The first-order valence-corrected chi connectivity index (χ1v) is 11.8. The molecule has 162 valence electrons. The third-order valence-corrected chi connectivity index (χ3v) is 7.59. The van der Waals surface area contributed by atoms with Crippen LogP contribution in [0.2, 0.25) is 0 Å². The highest BCUT2D eigenvalue weighted by atomic mass is 32.2. The van der Waals surface area contributed by atoms with Crippen molar-refractivity contribution < 1.29 is 14.2 Å². The van der Waals surface area contributed by atoms with Gasteiger partial charge in [-0.25, -0.2) is 4.39 Å². The van der Waals surface area contributed by atoms with E-state index in [-0.39, 0.29) is 27.6 Å². The van der Waals surface area contributed by atoms with Crippen molar-refractivity contribution in [3.8, 4) is 11.5 Å². The first kappa shape index (κ1) is 21.9. The molecule has 0 amide bonds. The van der Waals surface area contributed by atoms with Crippen molar-refractivity contribution in [1.82, 2.24) is 0 Å². The number of thioether (sulfide) groups is 1. The number of hydrogen-bond donors (Lipinski definition) is 2. The van der Waals surface area contributed by atoms with Gasteiger partial charge in [0.05, 0.1) is 13.2 Å². The second-order valence-corrected chi connectivity index (χ2v) is 9.79. The minimum absolute atomic E-state index is 0.0194. The molecule has 0 radical (unpaired) electrons. The zero-order chi connectivity index (χ0) is 21.8. The van der Waals surface area contributed by atoms with E-state index in [2.05, 4.69) is 17.0 Å². The molecule has 0 saturated carbocycles. The van der Waals surface area contributed by atoms with E-state index in [0.29, 0.717) is 5.75 Å². The molecular formula is C25H26FNO2S2. The Morgan fingerprint density at radius 1 is 1.06 bits per heavy atom. The minimum Gasteiger partial charge on any atom is -0.507 e. The molecule has 1 aliphatic heterocycles. The Morgan fingerprint density at radius 3 is 2.48 bits per heavy atom. The number of ether oxygens (including phenoxy) is 1. The number of halogens is 1. The van der Waals surface area contributed by atoms with Crippen LogP contribution in [0, 0.1) is 5.82 Å². The average molecular weight is 456 g/mol. The van der Waals surface area contributed by atoms with Crippen molar-refractivity contribution in [1.29, 1.82) is 0 Å². The maximum Gasteiger partial charge on any atom is 0.124 e. The Bertz CT molecular complexity index is 1000. The predicted molar refractivity (Wildman–Crippen MR) is 130 cm³/mol. The van der Waals surface area contributed by atoms with E-state index in [0.717, 1.165) is 36.1 Å². The third kappa shape index (κ3) is 4.96. The van der Waals surface area contributed by atoms with Crippen LogP contribution in [0.25, 0.3) is 0 Å². The molecule has 1 heterocycles. The van der Waals surface area contributed by atoms with Crippen LogP contribution < -0.4 is 9.64 Å². The van der Waals surface area contributed by atoms with Gasteiger partial charge in [-0.15, -0.1) is 24.4 Å². The summed E-state index contributed by atoms with van der Waals surface area (Å²) in [5, 5.41) is 11.1. The zero-order valence-electron chi connectivity index (χ0n) is 17.3. The van der Waals surface area contributed by atoms with E-state index < -0.39 is 0 Å². The number of nitrogens with zero attached hydrogens (tertiary/aromatic N) is 1. The molecule has 1 N–H and O–H groups in total. The van der Waals surface area contributed by atoms with Crippen LogP contribution in [-0.4, -0.2) is 22.2 Å². The molecule has 0 aliphatic carbocycles. The molecule has 0 spiro atoms. The van der Waals surface area contributed by atoms with Crippen LogP contribution in [0.15, 0.2) is 72.8 Å². The van der Waals surface area contributed by atoms with E-state index in [1.807, 2.05) is 54.2 Å². The molecule has 3 aromatic carbocycles. The maximum atomic E-state index is 13.2. The fourth-order valence-corrected chi connectivity index (χ4v) is 6.31. The van der Waals surface area contributed by atoms with Gasteiger partial charge in [0, 0.05) is 22.6 Å². The molecule has 4 rings (SSSR count). The maximum absolute atomic E-state index is 13.2. The van der Waals surface area contributed by atoms with Gasteiger partial charge < -0.3 is 14.7 Å². The largest absolute Gasteiger partial charge is 0.507 e. The summed E-state index contributed by atoms with van der Waals surface area (Å²) in [6.07, 6.45) is 2.82. The monoisotopic (exact) mass is 455 g/mol. The Kier molecular flexibility index (Phi) is 6.98. The van der Waals surface area contributed by atoms with Crippen molar-refractivity contribution in [2.75, 3.05) is 12.0 Å². The highest BCUT2D eigenvalue weighted by Crippen LogP contribution is 2.51. The molecule has 3 nitrogen and oxygen atoms in total. The van der Waals surface area contributed by atoms with Gasteiger partial charge in [0.1, 0.15) is 22.0 Å². The number of phenols is 1. The van der Waals surface area contributed by atoms with Gasteiger partial charge in [0.25, 0.3) is 0 Å². The van der Waals surface area contributed by atoms with Gasteiger partial charge in [-0.05, 0) is 61.2 Å². The summed E-state index contributed by atoms with van der Waals surface area (Å²) in [5.74, 6) is 0.659. The van der Waals surface area contributed by atoms with E-state index in [4.69, 9.17) is 17.4 Å². The number of hydrogen-bond acceptors (Lipinski definition) is 5. The van der Waals surface area contributed by atoms with Crippen LogP contribution in [0.5, 0.6) is 11.5 Å². The molecular weight excluding hydrogens is 429 g/mol. The van der Waals surface area contributed by atoms with Crippen molar-refractivity contribution in [3.63, 3.8) is 0 Å². The third-order valence-electron chi connectivity index (χ3n) is 5.66. The highest BCUT2D eigenvalue weighted by Gasteiger charge is 2.42. The van der Waals surface area contributed by atoms with Gasteiger partial charge in [-0.3, -0.25) is 0 Å². The lowest BCUT2D eigenvalue weighted by Crippen LogP contribution is -2.30. The Morgan fingerprint density at radius 2 is 1.81 bits per heavy atom. The van der Waals surface area contributed by atoms with Crippen LogP contribution in [0.3, 0.4) is 0 Å². The first-order chi connectivity index (χ1) is 15.1. The fourth-order valence-electron chi connectivity index (χ4n) is 4.14. The molecule has 0 bridgehead atoms. The van der Waals surface area contributed by atoms with Crippen LogP contribution in [-0.2, 0) is 6.42 Å². The zero-order valence-corrected chi connectivity index (χ0v) is 19.0. The number of phenolic OH excluding ortho intramolecular Hbond substituents is 1. The molecule has 1 aliphatic rings. The summed E-state index contributed by atoms with van der Waals surface area (Å²) in [4.78, 5) is 2.28. The van der Waals surface area contributed by atoms with Crippen molar-refractivity contribution >= 4 is 30.1 Å². The standard InChI is InChI=1S/C25H26FNO2S2/c1-29-20-14-15-21(22(28)16-20)24-23(9-5-6-17-10-12-18(26)13-11-17)31-25(30)27(24)19-7-3-2-4-8-19/h2-4,7-8,10-16,23-25,28,30H,5-6,9H2,1H3/t23-,24+,25?/m0/s1. The van der Waals surface area contributed by atoms with Gasteiger partial charge in [0.2, 0.25) is 0 Å². The fraction of sp³-hybridized carbons (Fsp3) is 0.280. The lowest BCUT2D eigenvalue weighted by atomic mass is 9.96. The average Bonchev–Trinajstić information content (AvgIpc) is 3.11. The van der Waals surface area contributed by atoms with Crippen molar-refractivity contribution in [3.05, 3.63) is 89.7 Å². The number of thiol groups is 1. The number of benzene rings is 3. The van der Waals surface area contributed by atoms with Crippen LogP contribution in [0.1, 0.15) is 30.0 Å². The second-order valence-electron chi connectivity index (χ2n) is 7.63. The minimum atomic E-state index is -0.207. The van der Waals surface area contributed by atoms with E-state index in [9.17, 15) is 9.50 Å². The smallest absolute Gasteiger partial charge is 0.124 e. The quantitative estimate of drug-likeness (QED) is 0.402. The number of anilines is 1. The number of para-hydroxylation sites is 1. The molecule has 3 atom stereocenters. The predicted octanol–water partition coefficient (Wildman–Crippen LogP) is 6.44. The highest BCUT2D eigenvalue weighted by molar-refractivity contribution is 8.11. The molecule has 6 heteroatoms. The summed E-state index contributed by atoms with van der Waals surface area (Å²) >= 11 is 6.70. The number of aryl methyl sites for hydroxylation is 1. The summed E-state index contributed by atoms with van der Waals surface area (Å²) < 4.78 is 18.4. The molecule has 0 aromatic heterocycles. The number of methoxy groups -OCH3 is 1. The second kappa shape index (κ2) is 9.88. The molecule has 1 saturated heterocycles. The van der Waals surface area contributed by atoms with Gasteiger partial charge in [-0.1, -0.05) is 30.3 Å². The van der Waals surface area contributed by atoms with Crippen LogP contribution >= 0.6 is 24.4 Å². The Labute approximate surface area is 192 Å². The topological polar surface area (TPSA) is 32.7 Å². The van der Waals surface area contributed by atoms with E-state index >= 15 is 0 Å². The normalized spacial score (nSPS) is 20.7. The van der Waals surface area contributed by atoms with Crippen LogP contribution in [0.4, 0.5) is 10.1 Å². The molecule has 31 heavy (non-hydrogen) atoms. The van der Waals surface area contributed by atoms with Crippen molar-refractivity contribution in [2.24, 2.45) is 0 Å². The lowest BCUT2D eigenvalue weighted by Gasteiger charge is -2.32. The number of rotatable bonds is 7. The lowest BCUT2D eigenvalue weighted by molar-refractivity contribution is 0.404. The molecule has 1 fully saturated rings. The summed E-state index contributed by atoms with van der Waals surface area (Å²) in [7, 11) is 1.60. The first-order valence-electron chi connectivity index (χ1n) is 10.3. The summed E-state index contributed by atoms with van der Waals surface area (Å²) in [5.41, 5.74) is 3.09. The van der Waals surface area contributed by atoms with E-state index in [1.165, 1.54) is 12.1 Å². The molecule has 3 aromatic rings. The van der Waals surface area contributed by atoms with Gasteiger partial charge in [0.15, 0.2) is 0 Å². The number of aromatic hydroxyl groups is 1. The van der Waals surface area contributed by atoms with Gasteiger partial charge in [-0.2, -0.15) is 0 Å². The Balaban J connectivity index is 1.59. The molecule has 1 unspecified atom stereocenters. The Hall–Kier alpha value is -2.31. The summed E-state index contributed by atoms with van der Waals surface area (Å²) in [6, 6.07) is 22.4. The van der Waals surface area contributed by atoms with E-state index in [1.54, 1.807) is 13.2 Å². The SMILES string of the molecule is COc1ccc([C@@H]2[C@H](CCCc3ccc(F)cc3)SC(S)N2c2ccccc2)c(O)c1. The summed E-state index contributed by atoms with van der Waals surface area (Å²) in [6.45, 7) is 0.